The fourth-order valence-corrected chi connectivity index (χ4v) is 3.20. The van der Waals surface area contributed by atoms with Gasteiger partial charge in [-0.15, -0.1) is 0 Å². The summed E-state index contributed by atoms with van der Waals surface area (Å²) in [5, 5.41) is 9.64. The predicted octanol–water partition coefficient (Wildman–Crippen LogP) is 2.02. The Morgan fingerprint density at radius 1 is 1.43 bits per heavy atom. The Morgan fingerprint density at radius 2 is 2.22 bits per heavy atom. The first kappa shape index (κ1) is 17.7. The molecule has 2 rings (SSSR count). The van der Waals surface area contributed by atoms with E-state index in [0.717, 1.165) is 44.5 Å². The minimum Gasteiger partial charge on any atom is -0.480 e. The third-order valence-electron chi connectivity index (χ3n) is 4.19. The van der Waals surface area contributed by atoms with Gasteiger partial charge in [-0.05, 0) is 37.4 Å². The summed E-state index contributed by atoms with van der Waals surface area (Å²) < 4.78 is 0. The summed E-state index contributed by atoms with van der Waals surface area (Å²) in [5.41, 5.74) is 1.04. The van der Waals surface area contributed by atoms with Gasteiger partial charge in [-0.3, -0.25) is 19.5 Å². The van der Waals surface area contributed by atoms with Crippen molar-refractivity contribution in [2.24, 2.45) is 0 Å². The second-order valence-corrected chi connectivity index (χ2v) is 6.28. The average molecular weight is 340 g/mol. The Bertz CT molecular complexity index is 567. The molecule has 1 aromatic heterocycles. The standard InChI is InChI=1S/C16H22ClN3O3/c1-12(21)20(11-16(22)23)14-3-2-7-19(8-5-14)10-13-4-6-18-9-15(13)17/h4,6,9,14H,2-3,5,7-8,10-11H2,1H3,(H,22,23). The van der Waals surface area contributed by atoms with E-state index in [4.69, 9.17) is 16.7 Å². The molecule has 0 spiro atoms. The van der Waals surface area contributed by atoms with Gasteiger partial charge in [0.2, 0.25) is 5.91 Å². The van der Waals surface area contributed by atoms with Crippen molar-refractivity contribution in [1.82, 2.24) is 14.8 Å². The van der Waals surface area contributed by atoms with Crippen LogP contribution in [0.3, 0.4) is 0 Å². The van der Waals surface area contributed by atoms with Gasteiger partial charge in [-0.1, -0.05) is 11.6 Å². The lowest BCUT2D eigenvalue weighted by atomic mass is 10.1. The van der Waals surface area contributed by atoms with Crippen LogP contribution in [0.2, 0.25) is 5.02 Å². The molecular formula is C16H22ClN3O3. The molecule has 23 heavy (non-hydrogen) atoms. The van der Waals surface area contributed by atoms with Crippen LogP contribution in [0.15, 0.2) is 18.5 Å². The van der Waals surface area contributed by atoms with E-state index in [1.165, 1.54) is 11.8 Å². The quantitative estimate of drug-likeness (QED) is 0.888. The molecule has 1 aliphatic rings. The van der Waals surface area contributed by atoms with Gasteiger partial charge in [0.25, 0.3) is 0 Å². The molecule has 0 bridgehead atoms. The predicted molar refractivity (Wildman–Crippen MR) is 87.2 cm³/mol. The van der Waals surface area contributed by atoms with Crippen LogP contribution in [-0.4, -0.2) is 57.4 Å². The molecule has 126 valence electrons. The Labute approximate surface area is 141 Å². The van der Waals surface area contributed by atoms with Crippen LogP contribution in [0.5, 0.6) is 0 Å². The lowest BCUT2D eigenvalue weighted by molar-refractivity contribution is -0.145. The molecule has 1 aromatic rings. The monoisotopic (exact) mass is 339 g/mol. The van der Waals surface area contributed by atoms with Crippen LogP contribution in [0.4, 0.5) is 0 Å². The SMILES string of the molecule is CC(=O)N(CC(=O)O)C1CCCN(Cc2ccncc2Cl)CC1. The summed E-state index contributed by atoms with van der Waals surface area (Å²) in [6.45, 7) is 3.67. The zero-order chi connectivity index (χ0) is 16.8. The van der Waals surface area contributed by atoms with Crippen molar-refractivity contribution < 1.29 is 14.7 Å². The maximum Gasteiger partial charge on any atom is 0.323 e. The summed E-state index contributed by atoms with van der Waals surface area (Å²) in [5.74, 6) is -1.15. The number of pyridine rings is 1. The first-order chi connectivity index (χ1) is 11.0. The van der Waals surface area contributed by atoms with Gasteiger partial charge in [-0.25, -0.2) is 0 Å². The number of carbonyl (C=O) groups is 2. The number of likely N-dealkylation sites (tertiary alicyclic amines) is 1. The smallest absolute Gasteiger partial charge is 0.323 e. The number of carbonyl (C=O) groups excluding carboxylic acids is 1. The van der Waals surface area contributed by atoms with E-state index in [1.807, 2.05) is 6.07 Å². The number of carboxylic acids is 1. The van der Waals surface area contributed by atoms with Gasteiger partial charge in [0.15, 0.2) is 0 Å². The van der Waals surface area contributed by atoms with Crippen LogP contribution in [-0.2, 0) is 16.1 Å². The van der Waals surface area contributed by atoms with Crippen molar-refractivity contribution in [2.45, 2.75) is 38.8 Å². The van der Waals surface area contributed by atoms with Crippen molar-refractivity contribution in [2.75, 3.05) is 19.6 Å². The second kappa shape index (κ2) is 8.26. The molecule has 0 aliphatic carbocycles. The van der Waals surface area contributed by atoms with E-state index in [2.05, 4.69) is 9.88 Å². The summed E-state index contributed by atoms with van der Waals surface area (Å²) >= 11 is 6.15. The maximum absolute atomic E-state index is 11.7. The maximum atomic E-state index is 11.7. The topological polar surface area (TPSA) is 73.7 Å². The second-order valence-electron chi connectivity index (χ2n) is 5.87. The molecule has 7 heteroatoms. The van der Waals surface area contributed by atoms with Crippen molar-refractivity contribution in [3.8, 4) is 0 Å². The number of aromatic nitrogens is 1. The van der Waals surface area contributed by atoms with Crippen LogP contribution in [0, 0.1) is 0 Å². The van der Waals surface area contributed by atoms with Crippen LogP contribution in [0.25, 0.3) is 0 Å². The van der Waals surface area contributed by atoms with E-state index in [9.17, 15) is 9.59 Å². The molecule has 1 amide bonds. The molecule has 1 saturated heterocycles. The van der Waals surface area contributed by atoms with Crippen molar-refractivity contribution >= 4 is 23.5 Å². The number of nitrogens with zero attached hydrogens (tertiary/aromatic N) is 3. The van der Waals surface area contributed by atoms with Gasteiger partial charge in [-0.2, -0.15) is 0 Å². The third-order valence-corrected chi connectivity index (χ3v) is 4.53. The first-order valence-corrected chi connectivity index (χ1v) is 8.15. The number of rotatable bonds is 5. The summed E-state index contributed by atoms with van der Waals surface area (Å²) in [7, 11) is 0. The molecule has 0 aromatic carbocycles. The Kier molecular flexibility index (Phi) is 6.36. The Balaban J connectivity index is 1.97. The van der Waals surface area contributed by atoms with E-state index in [0.29, 0.717) is 5.02 Å². The minimum atomic E-state index is -0.968. The number of hydrogen-bond acceptors (Lipinski definition) is 4. The lowest BCUT2D eigenvalue weighted by Gasteiger charge is -2.29. The highest BCUT2D eigenvalue weighted by molar-refractivity contribution is 6.31. The van der Waals surface area contributed by atoms with Gasteiger partial charge < -0.3 is 10.0 Å². The lowest BCUT2D eigenvalue weighted by Crippen LogP contribution is -2.42. The minimum absolute atomic E-state index is 0.0125. The van der Waals surface area contributed by atoms with Crippen molar-refractivity contribution in [3.05, 3.63) is 29.0 Å². The summed E-state index contributed by atoms with van der Waals surface area (Å²) in [6.07, 6.45) is 5.90. The van der Waals surface area contributed by atoms with Gasteiger partial charge in [0.05, 0.1) is 5.02 Å². The Hall–Kier alpha value is -1.66. The highest BCUT2D eigenvalue weighted by Crippen LogP contribution is 2.21. The largest absolute Gasteiger partial charge is 0.480 e. The molecule has 1 N–H and O–H groups in total. The van der Waals surface area contributed by atoms with E-state index >= 15 is 0 Å². The molecule has 2 heterocycles. The molecular weight excluding hydrogens is 318 g/mol. The number of carboxylic acid groups (broad SMARTS) is 1. The zero-order valence-corrected chi connectivity index (χ0v) is 14.0. The normalized spacial score (nSPS) is 19.1. The summed E-state index contributed by atoms with van der Waals surface area (Å²) in [6, 6.07) is 1.90. The molecule has 1 atom stereocenters. The number of hydrogen-bond donors (Lipinski definition) is 1. The number of halogens is 1. The number of aliphatic carboxylic acids is 1. The van der Waals surface area contributed by atoms with E-state index in [-0.39, 0.29) is 18.5 Å². The number of amides is 1. The first-order valence-electron chi connectivity index (χ1n) is 7.77. The van der Waals surface area contributed by atoms with Crippen LogP contribution in [0.1, 0.15) is 31.7 Å². The van der Waals surface area contributed by atoms with Gasteiger partial charge >= 0.3 is 5.97 Å². The fraction of sp³-hybridized carbons (Fsp3) is 0.562. The third kappa shape index (κ3) is 5.18. The molecule has 0 radical (unpaired) electrons. The highest BCUT2D eigenvalue weighted by Gasteiger charge is 2.26. The van der Waals surface area contributed by atoms with Gasteiger partial charge in [0, 0.05) is 38.4 Å². The average Bonchev–Trinajstić information content (AvgIpc) is 2.72. The molecule has 1 aliphatic heterocycles. The highest BCUT2D eigenvalue weighted by atomic mass is 35.5. The molecule has 1 unspecified atom stereocenters. The Morgan fingerprint density at radius 3 is 2.87 bits per heavy atom. The summed E-state index contributed by atoms with van der Waals surface area (Å²) in [4.78, 5) is 30.5. The van der Waals surface area contributed by atoms with Gasteiger partial charge in [0.1, 0.15) is 6.54 Å². The van der Waals surface area contributed by atoms with E-state index in [1.54, 1.807) is 12.4 Å². The van der Waals surface area contributed by atoms with Crippen molar-refractivity contribution in [1.29, 1.82) is 0 Å². The van der Waals surface area contributed by atoms with Crippen LogP contribution < -0.4 is 0 Å². The molecule has 0 saturated carbocycles. The van der Waals surface area contributed by atoms with Crippen molar-refractivity contribution in [3.63, 3.8) is 0 Å². The molecule has 6 nitrogen and oxygen atoms in total. The zero-order valence-electron chi connectivity index (χ0n) is 13.2. The van der Waals surface area contributed by atoms with E-state index < -0.39 is 5.97 Å². The van der Waals surface area contributed by atoms with Crippen LogP contribution >= 0.6 is 11.6 Å². The fourth-order valence-electron chi connectivity index (χ4n) is 3.02. The molecule has 1 fully saturated rings.